The van der Waals surface area contributed by atoms with Crippen molar-refractivity contribution in [1.82, 2.24) is 4.98 Å². The minimum atomic E-state index is 0.229. The second-order valence-corrected chi connectivity index (χ2v) is 5.26. The summed E-state index contributed by atoms with van der Waals surface area (Å²) >= 11 is 0. The standard InChI is InChI=1S/C20H17NO2/c1-3-17-9-8-15(14(2)21-17)6-4-5-7-19-13-16-12-18(22)10-11-20(16)23-19/h5,7-13,22H,3H2,1-2H3/b7-5+. The van der Waals surface area contributed by atoms with Crippen LogP contribution < -0.4 is 0 Å². The number of allylic oxidation sites excluding steroid dienone is 1. The first-order valence-corrected chi connectivity index (χ1v) is 7.53. The van der Waals surface area contributed by atoms with Gasteiger partial charge in [0.05, 0.1) is 5.69 Å². The molecule has 3 heteroatoms. The van der Waals surface area contributed by atoms with Crippen LogP contribution in [0.2, 0.25) is 0 Å². The number of aromatic hydroxyl groups is 1. The van der Waals surface area contributed by atoms with Crippen LogP contribution in [0.3, 0.4) is 0 Å². The highest BCUT2D eigenvalue weighted by atomic mass is 16.3. The SMILES string of the molecule is CCc1ccc(C#C/C=C/c2cc3cc(O)ccc3o2)c(C)n1. The van der Waals surface area contributed by atoms with Crippen molar-refractivity contribution in [3.63, 3.8) is 0 Å². The van der Waals surface area contributed by atoms with Crippen LogP contribution in [0.5, 0.6) is 5.75 Å². The Hall–Kier alpha value is -2.99. The van der Waals surface area contributed by atoms with Gasteiger partial charge in [-0.05, 0) is 61.9 Å². The summed E-state index contributed by atoms with van der Waals surface area (Å²) in [5.41, 5.74) is 3.70. The molecule has 3 rings (SSSR count). The van der Waals surface area contributed by atoms with E-state index in [4.69, 9.17) is 4.42 Å². The lowest BCUT2D eigenvalue weighted by atomic mass is 10.1. The smallest absolute Gasteiger partial charge is 0.135 e. The van der Waals surface area contributed by atoms with Crippen molar-refractivity contribution in [3.05, 3.63) is 65.2 Å². The van der Waals surface area contributed by atoms with E-state index in [-0.39, 0.29) is 5.75 Å². The highest BCUT2D eigenvalue weighted by molar-refractivity contribution is 5.81. The third-order valence-electron chi connectivity index (χ3n) is 3.56. The molecule has 0 saturated heterocycles. The third kappa shape index (κ3) is 3.44. The number of rotatable bonds is 2. The van der Waals surface area contributed by atoms with E-state index in [1.165, 1.54) is 0 Å². The molecule has 0 aliphatic heterocycles. The van der Waals surface area contributed by atoms with Gasteiger partial charge in [-0.2, -0.15) is 0 Å². The van der Waals surface area contributed by atoms with Gasteiger partial charge in [0.2, 0.25) is 0 Å². The van der Waals surface area contributed by atoms with E-state index in [0.29, 0.717) is 5.76 Å². The van der Waals surface area contributed by atoms with Crippen molar-refractivity contribution in [1.29, 1.82) is 0 Å². The lowest BCUT2D eigenvalue weighted by molar-refractivity contribution is 0.476. The summed E-state index contributed by atoms with van der Waals surface area (Å²) in [6.45, 7) is 4.06. The van der Waals surface area contributed by atoms with Gasteiger partial charge in [0.15, 0.2) is 0 Å². The van der Waals surface area contributed by atoms with Crippen molar-refractivity contribution in [2.24, 2.45) is 0 Å². The molecular formula is C20H17NO2. The molecule has 3 aromatic rings. The first-order chi connectivity index (χ1) is 11.2. The summed E-state index contributed by atoms with van der Waals surface area (Å²) in [5, 5.41) is 10.3. The molecule has 114 valence electrons. The van der Waals surface area contributed by atoms with E-state index in [1.54, 1.807) is 24.3 Å². The molecule has 1 N–H and O–H groups in total. The summed E-state index contributed by atoms with van der Waals surface area (Å²) in [5.74, 6) is 7.03. The number of aryl methyl sites for hydroxylation is 2. The first kappa shape index (κ1) is 14.9. The van der Waals surface area contributed by atoms with Gasteiger partial charge in [-0.1, -0.05) is 18.8 Å². The van der Waals surface area contributed by atoms with Crippen LogP contribution in [-0.2, 0) is 6.42 Å². The van der Waals surface area contributed by atoms with Gasteiger partial charge in [-0.25, -0.2) is 0 Å². The zero-order chi connectivity index (χ0) is 16.2. The predicted octanol–water partition coefficient (Wildman–Crippen LogP) is 4.47. The molecule has 0 fully saturated rings. The molecule has 0 aliphatic rings. The van der Waals surface area contributed by atoms with Crippen LogP contribution >= 0.6 is 0 Å². The number of furan rings is 1. The maximum atomic E-state index is 9.46. The molecule has 2 heterocycles. The fourth-order valence-corrected chi connectivity index (χ4v) is 2.32. The molecule has 2 aromatic heterocycles. The van der Waals surface area contributed by atoms with E-state index in [1.807, 2.05) is 31.2 Å². The highest BCUT2D eigenvalue weighted by Crippen LogP contribution is 2.24. The molecule has 3 nitrogen and oxygen atoms in total. The minimum absolute atomic E-state index is 0.229. The second-order valence-electron chi connectivity index (χ2n) is 5.26. The fraction of sp³-hybridized carbons (Fsp3) is 0.150. The van der Waals surface area contributed by atoms with Gasteiger partial charge in [-0.15, -0.1) is 0 Å². The fourth-order valence-electron chi connectivity index (χ4n) is 2.32. The Morgan fingerprint density at radius 2 is 2.09 bits per heavy atom. The van der Waals surface area contributed by atoms with Crippen molar-refractivity contribution in [3.8, 4) is 17.6 Å². The number of fused-ring (bicyclic) bond motifs is 1. The topological polar surface area (TPSA) is 46.3 Å². The first-order valence-electron chi connectivity index (χ1n) is 7.53. The summed E-state index contributed by atoms with van der Waals surface area (Å²) < 4.78 is 5.65. The van der Waals surface area contributed by atoms with E-state index < -0.39 is 0 Å². The Kier molecular flexibility index (Phi) is 4.16. The molecule has 0 radical (unpaired) electrons. The average molecular weight is 303 g/mol. The Morgan fingerprint density at radius 1 is 1.22 bits per heavy atom. The van der Waals surface area contributed by atoms with Gasteiger partial charge in [-0.3, -0.25) is 4.98 Å². The quantitative estimate of drug-likeness (QED) is 0.710. The lowest BCUT2D eigenvalue weighted by Gasteiger charge is -1.99. The molecule has 0 spiro atoms. The molecule has 1 aromatic carbocycles. The Morgan fingerprint density at radius 3 is 2.87 bits per heavy atom. The van der Waals surface area contributed by atoms with Crippen LogP contribution in [0.4, 0.5) is 0 Å². The molecule has 0 aliphatic carbocycles. The Bertz CT molecular complexity index is 939. The number of benzene rings is 1. The van der Waals surface area contributed by atoms with E-state index >= 15 is 0 Å². The van der Waals surface area contributed by atoms with Gasteiger partial charge in [0.1, 0.15) is 17.1 Å². The zero-order valence-electron chi connectivity index (χ0n) is 13.1. The minimum Gasteiger partial charge on any atom is -0.508 e. The highest BCUT2D eigenvalue weighted by Gasteiger charge is 2.01. The number of aromatic nitrogens is 1. The van der Waals surface area contributed by atoms with Gasteiger partial charge in [0.25, 0.3) is 0 Å². The maximum Gasteiger partial charge on any atom is 0.135 e. The number of hydrogen-bond acceptors (Lipinski definition) is 3. The molecule has 0 saturated carbocycles. The number of nitrogens with zero attached hydrogens (tertiary/aromatic N) is 1. The van der Waals surface area contributed by atoms with E-state index in [2.05, 4.69) is 23.7 Å². The molecule has 0 bridgehead atoms. The van der Waals surface area contributed by atoms with E-state index in [0.717, 1.165) is 34.3 Å². The van der Waals surface area contributed by atoms with Crippen LogP contribution in [0.25, 0.3) is 17.0 Å². The average Bonchev–Trinajstić information content (AvgIpc) is 2.94. The monoisotopic (exact) mass is 303 g/mol. The molecule has 23 heavy (non-hydrogen) atoms. The lowest BCUT2D eigenvalue weighted by Crippen LogP contribution is -1.92. The molecular weight excluding hydrogens is 286 g/mol. The second kappa shape index (κ2) is 6.41. The zero-order valence-corrected chi connectivity index (χ0v) is 13.1. The number of phenolic OH excluding ortho intramolecular Hbond substituents is 1. The molecule has 0 atom stereocenters. The molecule has 0 amide bonds. The Balaban J connectivity index is 1.78. The summed E-state index contributed by atoms with van der Waals surface area (Å²) in [6.07, 6.45) is 4.49. The van der Waals surface area contributed by atoms with Crippen molar-refractivity contribution in [2.45, 2.75) is 20.3 Å². The Labute approximate surface area is 135 Å². The van der Waals surface area contributed by atoms with Crippen LogP contribution in [-0.4, -0.2) is 10.1 Å². The van der Waals surface area contributed by atoms with E-state index in [9.17, 15) is 5.11 Å². The summed E-state index contributed by atoms with van der Waals surface area (Å²) in [7, 11) is 0. The van der Waals surface area contributed by atoms with Crippen molar-refractivity contribution >= 4 is 17.0 Å². The third-order valence-corrected chi connectivity index (χ3v) is 3.56. The van der Waals surface area contributed by atoms with Crippen LogP contribution in [0, 0.1) is 18.8 Å². The maximum absolute atomic E-state index is 9.46. The normalized spacial score (nSPS) is 10.9. The number of phenols is 1. The van der Waals surface area contributed by atoms with Crippen molar-refractivity contribution < 1.29 is 9.52 Å². The van der Waals surface area contributed by atoms with Gasteiger partial charge in [0, 0.05) is 16.6 Å². The number of pyridine rings is 1. The van der Waals surface area contributed by atoms with Gasteiger partial charge >= 0.3 is 0 Å². The van der Waals surface area contributed by atoms with Crippen LogP contribution in [0.1, 0.15) is 29.6 Å². The molecule has 0 unspecified atom stereocenters. The number of hydrogen-bond donors (Lipinski definition) is 1. The summed E-state index contributed by atoms with van der Waals surface area (Å²) in [6, 6.07) is 10.9. The predicted molar refractivity (Wildman–Crippen MR) is 92.1 cm³/mol. The summed E-state index contributed by atoms with van der Waals surface area (Å²) in [4.78, 5) is 4.50. The van der Waals surface area contributed by atoms with Crippen molar-refractivity contribution in [2.75, 3.05) is 0 Å². The van der Waals surface area contributed by atoms with Crippen LogP contribution in [0.15, 0.2) is 46.9 Å². The van der Waals surface area contributed by atoms with Gasteiger partial charge < -0.3 is 9.52 Å². The largest absolute Gasteiger partial charge is 0.508 e.